The number of nitrogens with zero attached hydrogens (tertiary/aromatic N) is 1. The van der Waals surface area contributed by atoms with Gasteiger partial charge in [-0.1, -0.05) is 36.4 Å². The van der Waals surface area contributed by atoms with Crippen LogP contribution >= 0.6 is 11.3 Å². The van der Waals surface area contributed by atoms with Crippen LogP contribution in [0, 0.1) is 0 Å². The number of rotatable bonds is 8. The van der Waals surface area contributed by atoms with E-state index in [2.05, 4.69) is 10.6 Å². The van der Waals surface area contributed by atoms with Crippen molar-refractivity contribution in [1.29, 1.82) is 0 Å². The van der Waals surface area contributed by atoms with E-state index in [1.54, 1.807) is 83.2 Å². The fraction of sp³-hybridized carbons (Fsp3) is 0.0800. The van der Waals surface area contributed by atoms with Gasteiger partial charge in [0.2, 0.25) is 0 Å². The summed E-state index contributed by atoms with van der Waals surface area (Å²) >= 11 is 1.22. The van der Waals surface area contributed by atoms with Crippen molar-refractivity contribution >= 4 is 45.2 Å². The highest BCUT2D eigenvalue weighted by Gasteiger charge is 2.15. The minimum atomic E-state index is -0.670. The summed E-state index contributed by atoms with van der Waals surface area (Å²) in [6.45, 7) is -0.00613. The number of para-hydroxylation sites is 2. The van der Waals surface area contributed by atoms with Crippen LogP contribution < -0.4 is 30.5 Å². The molecule has 0 bridgehead atoms. The molecule has 1 aromatic heterocycles. The summed E-state index contributed by atoms with van der Waals surface area (Å²) in [7, 11) is 0. The van der Waals surface area contributed by atoms with Crippen molar-refractivity contribution in [2.75, 3.05) is 18.2 Å². The van der Waals surface area contributed by atoms with E-state index in [9.17, 15) is 14.4 Å². The van der Waals surface area contributed by atoms with E-state index in [-0.39, 0.29) is 13.3 Å². The van der Waals surface area contributed by atoms with Crippen molar-refractivity contribution in [2.45, 2.75) is 0 Å². The smallest absolute Gasteiger partial charge is 0.410 e. The SMILES string of the molecule is O=C(NCN(CNC(=O)Oc1ccccc1)c1ccc2sc(C(=O)NO)cc2c1)Oc1ccccc1. The van der Waals surface area contributed by atoms with E-state index in [4.69, 9.17) is 14.7 Å². The van der Waals surface area contributed by atoms with Gasteiger partial charge in [-0.25, -0.2) is 15.1 Å². The summed E-state index contributed by atoms with van der Waals surface area (Å²) < 4.78 is 11.3. The molecule has 0 atom stereocenters. The molecule has 0 saturated heterocycles. The summed E-state index contributed by atoms with van der Waals surface area (Å²) in [6.07, 6.45) is -1.34. The molecule has 0 fully saturated rings. The number of fused-ring (bicyclic) bond motifs is 1. The lowest BCUT2D eigenvalue weighted by Crippen LogP contribution is -2.45. The number of amides is 3. The first-order chi connectivity index (χ1) is 17.5. The molecule has 4 rings (SSSR count). The first-order valence-corrected chi connectivity index (χ1v) is 11.6. The number of nitrogens with one attached hydrogen (secondary N) is 3. The second-order valence-electron chi connectivity index (χ2n) is 7.39. The minimum absolute atomic E-state index is 0.00306. The van der Waals surface area contributed by atoms with Crippen molar-refractivity contribution < 1.29 is 29.1 Å². The van der Waals surface area contributed by atoms with Gasteiger partial charge >= 0.3 is 12.2 Å². The van der Waals surface area contributed by atoms with Gasteiger partial charge in [0, 0.05) is 10.4 Å². The monoisotopic (exact) mass is 506 g/mol. The van der Waals surface area contributed by atoms with Gasteiger partial charge in [0.15, 0.2) is 0 Å². The molecule has 184 valence electrons. The number of benzene rings is 3. The summed E-state index contributed by atoms with van der Waals surface area (Å²) in [5, 5.41) is 15.0. The van der Waals surface area contributed by atoms with Crippen LogP contribution in [0.15, 0.2) is 84.9 Å². The van der Waals surface area contributed by atoms with Gasteiger partial charge in [-0.3, -0.25) is 10.0 Å². The standard InChI is InChI=1S/C25H22N4O6S/c30-23(28-33)22-14-17-13-18(11-12-21(17)36-22)29(15-26-24(31)34-19-7-3-1-4-8-19)16-27-25(32)35-20-9-5-2-6-10-20/h1-14,33H,15-16H2,(H,26,31)(H,27,32)(H,28,30). The Morgan fingerprint density at radius 3 is 1.86 bits per heavy atom. The first kappa shape index (κ1) is 24.5. The molecule has 11 heteroatoms. The third kappa shape index (κ3) is 6.50. The number of hydrogen-bond donors (Lipinski definition) is 4. The van der Waals surface area contributed by atoms with Crippen molar-refractivity contribution in [2.24, 2.45) is 0 Å². The maximum absolute atomic E-state index is 12.3. The molecule has 36 heavy (non-hydrogen) atoms. The number of thiophene rings is 1. The topological polar surface area (TPSA) is 129 Å². The van der Waals surface area contributed by atoms with Crippen LogP contribution in [0.1, 0.15) is 9.67 Å². The number of hydrogen-bond acceptors (Lipinski definition) is 8. The molecule has 10 nitrogen and oxygen atoms in total. The Balaban J connectivity index is 1.47. The highest BCUT2D eigenvalue weighted by atomic mass is 32.1. The summed E-state index contributed by atoms with van der Waals surface area (Å²) in [5.41, 5.74) is 2.27. The minimum Gasteiger partial charge on any atom is -0.410 e. The fourth-order valence-corrected chi connectivity index (χ4v) is 4.15. The highest BCUT2D eigenvalue weighted by Crippen LogP contribution is 2.29. The quantitative estimate of drug-likeness (QED) is 0.159. The van der Waals surface area contributed by atoms with Gasteiger partial charge in [0.25, 0.3) is 5.91 Å². The zero-order valence-electron chi connectivity index (χ0n) is 18.8. The Hall–Kier alpha value is -4.61. The van der Waals surface area contributed by atoms with Gasteiger partial charge in [0.05, 0.1) is 18.2 Å². The van der Waals surface area contributed by atoms with Crippen LogP contribution in [0.2, 0.25) is 0 Å². The average Bonchev–Trinajstić information content (AvgIpc) is 3.33. The van der Waals surface area contributed by atoms with Crippen molar-refractivity contribution in [1.82, 2.24) is 16.1 Å². The molecule has 4 aromatic rings. The van der Waals surface area contributed by atoms with Crippen LogP contribution in [-0.2, 0) is 0 Å². The fourth-order valence-electron chi connectivity index (χ4n) is 3.22. The van der Waals surface area contributed by atoms with Crippen LogP contribution in [-0.4, -0.2) is 36.6 Å². The molecular formula is C25H22N4O6S. The summed E-state index contributed by atoms with van der Waals surface area (Å²) in [5.74, 6) is 0.172. The number of anilines is 1. The van der Waals surface area contributed by atoms with Crippen molar-refractivity contribution in [3.05, 3.63) is 89.8 Å². The molecule has 0 aliphatic carbocycles. The lowest BCUT2D eigenvalue weighted by Gasteiger charge is -2.25. The zero-order chi connectivity index (χ0) is 25.3. The molecule has 0 aliphatic heterocycles. The predicted molar refractivity (Wildman–Crippen MR) is 134 cm³/mol. The van der Waals surface area contributed by atoms with Gasteiger partial charge < -0.3 is 25.0 Å². The van der Waals surface area contributed by atoms with E-state index in [0.29, 0.717) is 22.1 Å². The Morgan fingerprint density at radius 1 is 0.778 bits per heavy atom. The lowest BCUT2D eigenvalue weighted by molar-refractivity contribution is 0.0711. The van der Waals surface area contributed by atoms with Crippen LogP contribution in [0.3, 0.4) is 0 Å². The number of carbonyl (C=O) groups excluding carboxylic acids is 3. The summed E-state index contributed by atoms with van der Waals surface area (Å²) in [6, 6.07) is 24.3. The molecule has 4 N–H and O–H groups in total. The van der Waals surface area contributed by atoms with E-state index >= 15 is 0 Å². The Bertz CT molecular complexity index is 1290. The van der Waals surface area contributed by atoms with E-state index in [0.717, 1.165) is 10.1 Å². The van der Waals surface area contributed by atoms with Gasteiger partial charge in [-0.15, -0.1) is 11.3 Å². The molecule has 1 heterocycles. The highest BCUT2D eigenvalue weighted by molar-refractivity contribution is 7.20. The van der Waals surface area contributed by atoms with Crippen LogP contribution in [0.5, 0.6) is 11.5 Å². The third-order valence-electron chi connectivity index (χ3n) is 4.93. The Kier molecular flexibility index (Phi) is 7.96. The average molecular weight is 507 g/mol. The molecule has 3 amide bonds. The molecule has 3 aromatic carbocycles. The Morgan fingerprint density at radius 2 is 1.33 bits per heavy atom. The van der Waals surface area contributed by atoms with Gasteiger partial charge in [-0.05, 0) is 53.9 Å². The number of ether oxygens (including phenoxy) is 2. The van der Waals surface area contributed by atoms with Crippen LogP contribution in [0.25, 0.3) is 10.1 Å². The largest absolute Gasteiger partial charge is 0.414 e. The second kappa shape index (κ2) is 11.7. The maximum Gasteiger partial charge on any atom is 0.414 e. The van der Waals surface area contributed by atoms with Gasteiger partial charge in [-0.2, -0.15) is 0 Å². The molecular weight excluding hydrogens is 484 g/mol. The lowest BCUT2D eigenvalue weighted by atomic mass is 10.2. The first-order valence-electron chi connectivity index (χ1n) is 10.8. The molecule has 0 aliphatic rings. The second-order valence-corrected chi connectivity index (χ2v) is 8.47. The van der Waals surface area contributed by atoms with Crippen molar-refractivity contribution in [3.8, 4) is 11.5 Å². The molecule has 0 saturated carbocycles. The van der Waals surface area contributed by atoms with E-state index in [1.807, 2.05) is 12.1 Å². The zero-order valence-corrected chi connectivity index (χ0v) is 19.7. The maximum atomic E-state index is 12.3. The summed E-state index contributed by atoms with van der Waals surface area (Å²) in [4.78, 5) is 38.4. The molecule has 0 unspecified atom stereocenters. The molecule has 0 spiro atoms. The third-order valence-corrected chi connectivity index (χ3v) is 6.04. The van der Waals surface area contributed by atoms with E-state index < -0.39 is 18.1 Å². The normalized spacial score (nSPS) is 10.4. The predicted octanol–water partition coefficient (Wildman–Crippen LogP) is 4.32. The Labute approximate surface area is 210 Å². The van der Waals surface area contributed by atoms with Crippen molar-refractivity contribution in [3.63, 3.8) is 0 Å². The molecule has 0 radical (unpaired) electrons. The van der Waals surface area contributed by atoms with Crippen LogP contribution in [0.4, 0.5) is 15.3 Å². The number of hydroxylamine groups is 1. The number of carbonyl (C=O) groups is 3. The van der Waals surface area contributed by atoms with E-state index in [1.165, 1.54) is 11.3 Å². The van der Waals surface area contributed by atoms with Gasteiger partial charge in [0.1, 0.15) is 11.5 Å².